The van der Waals surface area contributed by atoms with E-state index in [0.717, 1.165) is 4.47 Å². The summed E-state index contributed by atoms with van der Waals surface area (Å²) in [4.78, 5) is 0. The highest BCUT2D eigenvalue weighted by molar-refractivity contribution is 9.10. The first-order chi connectivity index (χ1) is 7.71. The molecule has 96 valence electrons. The average Bonchev–Trinajstić information content (AvgIpc) is 2.20. The van der Waals surface area contributed by atoms with E-state index in [2.05, 4.69) is 43.6 Å². The van der Waals surface area contributed by atoms with Gasteiger partial charge in [0.15, 0.2) is 0 Å². The molecular formula is C14H20BrFO. The van der Waals surface area contributed by atoms with Crippen LogP contribution in [0.4, 0.5) is 4.39 Å². The summed E-state index contributed by atoms with van der Waals surface area (Å²) < 4.78 is 14.4. The Labute approximate surface area is 111 Å². The second-order valence-corrected chi connectivity index (χ2v) is 6.60. The Morgan fingerprint density at radius 2 is 1.94 bits per heavy atom. The number of halogens is 2. The first-order valence-electron chi connectivity index (χ1n) is 5.85. The number of hydrogen-bond acceptors (Lipinski definition) is 1. The van der Waals surface area contributed by atoms with Gasteiger partial charge in [0.25, 0.3) is 0 Å². The van der Waals surface area contributed by atoms with Crippen molar-refractivity contribution in [3.63, 3.8) is 0 Å². The SMILES string of the molecule is CC(CC(O)c1cc(Br)ccc1F)C(C)(C)C. The molecule has 0 aliphatic rings. The average molecular weight is 303 g/mol. The van der Waals surface area contributed by atoms with E-state index in [1.165, 1.54) is 6.07 Å². The van der Waals surface area contributed by atoms with Crippen molar-refractivity contribution in [2.45, 2.75) is 40.2 Å². The molecule has 2 atom stereocenters. The lowest BCUT2D eigenvalue weighted by atomic mass is 9.78. The van der Waals surface area contributed by atoms with Crippen molar-refractivity contribution < 1.29 is 9.50 Å². The molecule has 0 aliphatic heterocycles. The Hall–Kier alpha value is -0.410. The van der Waals surface area contributed by atoms with Crippen molar-refractivity contribution in [2.24, 2.45) is 11.3 Å². The summed E-state index contributed by atoms with van der Waals surface area (Å²) in [6.07, 6.45) is -0.182. The first kappa shape index (κ1) is 14.7. The predicted molar refractivity (Wildman–Crippen MR) is 72.3 cm³/mol. The van der Waals surface area contributed by atoms with E-state index in [-0.39, 0.29) is 11.2 Å². The molecule has 0 spiro atoms. The fourth-order valence-electron chi connectivity index (χ4n) is 1.59. The largest absolute Gasteiger partial charge is 0.388 e. The second-order valence-electron chi connectivity index (χ2n) is 5.68. The van der Waals surface area contributed by atoms with Crippen LogP contribution in [0.1, 0.15) is 45.8 Å². The molecule has 0 radical (unpaired) electrons. The lowest BCUT2D eigenvalue weighted by Gasteiger charge is -2.29. The van der Waals surface area contributed by atoms with Gasteiger partial charge >= 0.3 is 0 Å². The molecule has 0 amide bonds. The van der Waals surface area contributed by atoms with E-state index < -0.39 is 6.10 Å². The van der Waals surface area contributed by atoms with Crippen LogP contribution in [-0.4, -0.2) is 5.11 Å². The van der Waals surface area contributed by atoms with E-state index in [1.807, 2.05) is 0 Å². The van der Waals surface area contributed by atoms with Crippen molar-refractivity contribution in [1.82, 2.24) is 0 Å². The molecule has 1 nitrogen and oxygen atoms in total. The van der Waals surface area contributed by atoms with Gasteiger partial charge in [-0.25, -0.2) is 4.39 Å². The van der Waals surface area contributed by atoms with Crippen LogP contribution in [0.15, 0.2) is 22.7 Å². The van der Waals surface area contributed by atoms with Gasteiger partial charge in [0.05, 0.1) is 6.10 Å². The molecule has 0 bridgehead atoms. The molecule has 0 fully saturated rings. The number of aliphatic hydroxyl groups is 1. The van der Waals surface area contributed by atoms with Gasteiger partial charge in [0, 0.05) is 10.0 Å². The van der Waals surface area contributed by atoms with Crippen LogP contribution < -0.4 is 0 Å². The van der Waals surface area contributed by atoms with E-state index in [9.17, 15) is 9.50 Å². The number of aliphatic hydroxyl groups excluding tert-OH is 1. The van der Waals surface area contributed by atoms with Gasteiger partial charge in [-0.15, -0.1) is 0 Å². The third-order valence-corrected chi connectivity index (χ3v) is 3.87. The fourth-order valence-corrected chi connectivity index (χ4v) is 1.96. The van der Waals surface area contributed by atoms with E-state index >= 15 is 0 Å². The summed E-state index contributed by atoms with van der Waals surface area (Å²) in [5.41, 5.74) is 0.485. The van der Waals surface area contributed by atoms with Crippen molar-refractivity contribution >= 4 is 15.9 Å². The Morgan fingerprint density at radius 3 is 2.47 bits per heavy atom. The fraction of sp³-hybridized carbons (Fsp3) is 0.571. The molecule has 0 aliphatic carbocycles. The quantitative estimate of drug-likeness (QED) is 0.858. The van der Waals surface area contributed by atoms with Gasteiger partial charge < -0.3 is 5.11 Å². The summed E-state index contributed by atoms with van der Waals surface area (Å²) in [6, 6.07) is 4.67. The summed E-state index contributed by atoms with van der Waals surface area (Å²) >= 11 is 3.29. The van der Waals surface area contributed by atoms with Crippen LogP contribution in [0.2, 0.25) is 0 Å². The molecule has 1 rings (SSSR count). The van der Waals surface area contributed by atoms with Crippen molar-refractivity contribution in [3.8, 4) is 0 Å². The molecule has 1 aromatic carbocycles. The van der Waals surface area contributed by atoms with E-state index in [1.54, 1.807) is 12.1 Å². The number of rotatable bonds is 3. The third-order valence-electron chi connectivity index (χ3n) is 3.37. The third kappa shape index (κ3) is 4.07. The van der Waals surface area contributed by atoms with Crippen LogP contribution in [0.25, 0.3) is 0 Å². The molecule has 0 saturated heterocycles. The zero-order chi connectivity index (χ0) is 13.2. The molecule has 0 heterocycles. The van der Waals surface area contributed by atoms with E-state index in [4.69, 9.17) is 0 Å². The predicted octanol–water partition coefficient (Wildman–Crippen LogP) is 4.69. The van der Waals surface area contributed by atoms with Crippen LogP contribution in [-0.2, 0) is 0 Å². The molecular weight excluding hydrogens is 283 g/mol. The second kappa shape index (κ2) is 5.49. The zero-order valence-electron chi connectivity index (χ0n) is 10.8. The zero-order valence-corrected chi connectivity index (χ0v) is 12.4. The van der Waals surface area contributed by atoms with Crippen LogP contribution in [0, 0.1) is 17.2 Å². The minimum Gasteiger partial charge on any atom is -0.388 e. The minimum atomic E-state index is -0.748. The van der Waals surface area contributed by atoms with Crippen LogP contribution >= 0.6 is 15.9 Å². The number of benzene rings is 1. The molecule has 1 N–H and O–H groups in total. The van der Waals surface area contributed by atoms with E-state index in [0.29, 0.717) is 17.9 Å². The van der Waals surface area contributed by atoms with Gasteiger partial charge in [-0.05, 0) is 36.0 Å². The molecule has 3 heteroatoms. The number of hydrogen-bond donors (Lipinski definition) is 1. The van der Waals surface area contributed by atoms with Crippen LogP contribution in [0.5, 0.6) is 0 Å². The molecule has 1 aromatic rings. The highest BCUT2D eigenvalue weighted by Gasteiger charge is 2.24. The highest BCUT2D eigenvalue weighted by atomic mass is 79.9. The Bertz CT molecular complexity index is 384. The molecule has 2 unspecified atom stereocenters. The molecule has 17 heavy (non-hydrogen) atoms. The highest BCUT2D eigenvalue weighted by Crippen LogP contribution is 2.34. The maximum absolute atomic E-state index is 13.6. The maximum atomic E-state index is 13.6. The minimum absolute atomic E-state index is 0.115. The van der Waals surface area contributed by atoms with Gasteiger partial charge in [-0.1, -0.05) is 43.6 Å². The topological polar surface area (TPSA) is 20.2 Å². The standard InChI is InChI=1S/C14H20BrFO/c1-9(14(2,3)4)7-13(17)11-8-10(15)5-6-12(11)16/h5-6,8-9,13,17H,7H2,1-4H3. The smallest absolute Gasteiger partial charge is 0.129 e. The van der Waals surface area contributed by atoms with Crippen molar-refractivity contribution in [2.75, 3.05) is 0 Å². The van der Waals surface area contributed by atoms with Crippen LogP contribution in [0.3, 0.4) is 0 Å². The summed E-state index contributed by atoms with van der Waals surface area (Å²) in [5, 5.41) is 10.1. The first-order valence-corrected chi connectivity index (χ1v) is 6.64. The van der Waals surface area contributed by atoms with Gasteiger partial charge in [-0.2, -0.15) is 0 Å². The monoisotopic (exact) mass is 302 g/mol. The Morgan fingerprint density at radius 1 is 1.35 bits per heavy atom. The van der Waals surface area contributed by atoms with Crippen molar-refractivity contribution in [3.05, 3.63) is 34.1 Å². The lowest BCUT2D eigenvalue weighted by molar-refractivity contribution is 0.108. The van der Waals surface area contributed by atoms with Crippen molar-refractivity contribution in [1.29, 1.82) is 0 Å². The Kier molecular flexibility index (Phi) is 4.73. The lowest BCUT2D eigenvalue weighted by Crippen LogP contribution is -2.20. The van der Waals surface area contributed by atoms with Gasteiger partial charge in [-0.3, -0.25) is 0 Å². The van der Waals surface area contributed by atoms with Gasteiger partial charge in [0.2, 0.25) is 0 Å². The molecule has 0 saturated carbocycles. The normalized spacial score (nSPS) is 15.7. The summed E-state index contributed by atoms with van der Waals surface area (Å²) in [7, 11) is 0. The molecule has 0 aromatic heterocycles. The van der Waals surface area contributed by atoms with Gasteiger partial charge in [0.1, 0.15) is 5.82 Å². The maximum Gasteiger partial charge on any atom is 0.129 e. The summed E-state index contributed by atoms with van der Waals surface area (Å²) in [6.45, 7) is 8.46. The summed E-state index contributed by atoms with van der Waals surface area (Å²) in [5.74, 6) is -0.0299. The Balaban J connectivity index is 2.83.